The summed E-state index contributed by atoms with van der Waals surface area (Å²) in [5, 5.41) is 20.4. The van der Waals surface area contributed by atoms with Crippen LogP contribution in [0.25, 0.3) is 0 Å². The molecule has 1 amide bonds. The first-order valence-corrected chi connectivity index (χ1v) is 9.34. The van der Waals surface area contributed by atoms with Crippen LogP contribution < -0.4 is 0 Å². The van der Waals surface area contributed by atoms with Gasteiger partial charge in [0.2, 0.25) is 0 Å². The number of nitro benzene ring substituents is 1. The van der Waals surface area contributed by atoms with Crippen LogP contribution in [-0.2, 0) is 0 Å². The van der Waals surface area contributed by atoms with Gasteiger partial charge < -0.3 is 10.0 Å². The van der Waals surface area contributed by atoms with Gasteiger partial charge in [-0.15, -0.1) is 0 Å². The number of hydrogen-bond acceptors (Lipinski definition) is 4. The summed E-state index contributed by atoms with van der Waals surface area (Å²) < 4.78 is 0. The summed E-state index contributed by atoms with van der Waals surface area (Å²) in [6.45, 7) is 0.545. The Hall–Kier alpha value is -3.22. The highest BCUT2D eigenvalue weighted by Gasteiger charge is 2.46. The van der Waals surface area contributed by atoms with Gasteiger partial charge in [0.15, 0.2) is 0 Å². The van der Waals surface area contributed by atoms with E-state index in [2.05, 4.69) is 12.1 Å². The number of nitro groups is 1. The smallest absolute Gasteiger partial charge is 0.335 e. The summed E-state index contributed by atoms with van der Waals surface area (Å²) in [5.74, 6) is -1.03. The normalized spacial score (nSPS) is 23.4. The molecule has 2 aliphatic rings. The van der Waals surface area contributed by atoms with Gasteiger partial charge in [-0.2, -0.15) is 0 Å². The lowest BCUT2D eigenvalue weighted by atomic mass is 9.87. The SMILES string of the molecule is O=C(O)c1cc(C(=O)N2CC(c3ccccc3)C3CCCC32)cc([N+](=O)[O-])c1. The van der Waals surface area contributed by atoms with E-state index in [1.807, 2.05) is 18.2 Å². The maximum absolute atomic E-state index is 13.2. The van der Waals surface area contributed by atoms with Crippen LogP contribution in [0.3, 0.4) is 0 Å². The fourth-order valence-corrected chi connectivity index (χ4v) is 4.72. The molecule has 0 radical (unpaired) electrons. The molecule has 4 rings (SSSR count). The second-order valence-electron chi connectivity index (χ2n) is 7.47. The zero-order valence-electron chi connectivity index (χ0n) is 15.2. The molecular weight excluding hydrogens is 360 g/mol. The highest BCUT2D eigenvalue weighted by Crippen LogP contribution is 2.46. The van der Waals surface area contributed by atoms with Crippen LogP contribution in [0, 0.1) is 16.0 Å². The summed E-state index contributed by atoms with van der Waals surface area (Å²) in [5.41, 5.74) is 0.621. The topological polar surface area (TPSA) is 101 Å². The molecule has 1 saturated heterocycles. The number of carbonyl (C=O) groups is 2. The molecule has 0 bridgehead atoms. The molecule has 3 unspecified atom stereocenters. The molecule has 1 aliphatic heterocycles. The zero-order chi connectivity index (χ0) is 19.8. The highest BCUT2D eigenvalue weighted by molar-refractivity contribution is 5.99. The number of nitrogens with zero attached hydrogens (tertiary/aromatic N) is 2. The monoisotopic (exact) mass is 380 g/mol. The molecule has 1 saturated carbocycles. The second-order valence-corrected chi connectivity index (χ2v) is 7.47. The molecule has 1 aliphatic carbocycles. The highest BCUT2D eigenvalue weighted by atomic mass is 16.6. The molecule has 0 spiro atoms. The second kappa shape index (κ2) is 7.07. The number of carboxylic acid groups (broad SMARTS) is 1. The van der Waals surface area contributed by atoms with Crippen LogP contribution in [0.15, 0.2) is 48.5 Å². The van der Waals surface area contributed by atoms with Crippen molar-refractivity contribution in [2.45, 2.75) is 31.2 Å². The molecule has 2 fully saturated rings. The van der Waals surface area contributed by atoms with Gasteiger partial charge >= 0.3 is 5.97 Å². The molecule has 1 heterocycles. The van der Waals surface area contributed by atoms with Gasteiger partial charge in [-0.05, 0) is 30.4 Å². The van der Waals surface area contributed by atoms with Crippen molar-refractivity contribution in [2.24, 2.45) is 5.92 Å². The lowest BCUT2D eigenvalue weighted by Crippen LogP contribution is -2.36. The van der Waals surface area contributed by atoms with Crippen molar-refractivity contribution in [1.82, 2.24) is 4.90 Å². The third-order valence-electron chi connectivity index (χ3n) is 5.95. The zero-order valence-corrected chi connectivity index (χ0v) is 15.2. The quantitative estimate of drug-likeness (QED) is 0.644. The fraction of sp³-hybridized carbons (Fsp3) is 0.333. The number of rotatable bonds is 4. The van der Waals surface area contributed by atoms with Crippen LogP contribution in [0.4, 0.5) is 5.69 Å². The predicted molar refractivity (Wildman–Crippen MR) is 101 cm³/mol. The van der Waals surface area contributed by atoms with Crippen molar-refractivity contribution in [2.75, 3.05) is 6.54 Å². The first-order chi connectivity index (χ1) is 13.5. The number of aromatic carboxylic acids is 1. The Labute approximate surface area is 161 Å². The third kappa shape index (κ3) is 3.13. The number of benzene rings is 2. The first kappa shape index (κ1) is 18.2. The number of carbonyl (C=O) groups excluding carboxylic acids is 1. The molecule has 1 N–H and O–H groups in total. The minimum atomic E-state index is -1.29. The third-order valence-corrected chi connectivity index (χ3v) is 5.95. The van der Waals surface area contributed by atoms with Crippen molar-refractivity contribution < 1.29 is 19.6 Å². The number of hydrogen-bond donors (Lipinski definition) is 1. The minimum Gasteiger partial charge on any atom is -0.478 e. The largest absolute Gasteiger partial charge is 0.478 e. The molecule has 3 atom stereocenters. The summed E-state index contributed by atoms with van der Waals surface area (Å²) in [7, 11) is 0. The van der Waals surface area contributed by atoms with E-state index in [4.69, 9.17) is 0 Å². The Bertz CT molecular complexity index is 911. The fourth-order valence-electron chi connectivity index (χ4n) is 4.72. The average Bonchev–Trinajstić information content (AvgIpc) is 3.30. The number of fused-ring (bicyclic) bond motifs is 1. The summed E-state index contributed by atoms with van der Waals surface area (Å²) in [6.07, 6.45) is 2.99. The van der Waals surface area contributed by atoms with Gasteiger partial charge in [-0.25, -0.2) is 4.79 Å². The number of likely N-dealkylation sites (tertiary alicyclic amines) is 1. The van der Waals surface area contributed by atoms with Crippen molar-refractivity contribution in [3.63, 3.8) is 0 Å². The average molecular weight is 380 g/mol. The van der Waals surface area contributed by atoms with Gasteiger partial charge in [0.25, 0.3) is 11.6 Å². The summed E-state index contributed by atoms with van der Waals surface area (Å²) >= 11 is 0. The van der Waals surface area contributed by atoms with Crippen LogP contribution >= 0.6 is 0 Å². The number of non-ortho nitro benzene ring substituents is 1. The Morgan fingerprint density at radius 2 is 1.79 bits per heavy atom. The van der Waals surface area contributed by atoms with E-state index in [-0.39, 0.29) is 34.7 Å². The Morgan fingerprint density at radius 1 is 1.07 bits per heavy atom. The van der Waals surface area contributed by atoms with Gasteiger partial charge in [-0.3, -0.25) is 14.9 Å². The number of carboxylic acids is 1. The van der Waals surface area contributed by atoms with Crippen LogP contribution in [0.1, 0.15) is 51.5 Å². The predicted octanol–water partition coefficient (Wildman–Crippen LogP) is 3.70. The van der Waals surface area contributed by atoms with E-state index >= 15 is 0 Å². The van der Waals surface area contributed by atoms with Gasteiger partial charge in [0.1, 0.15) is 0 Å². The Balaban J connectivity index is 1.68. The Morgan fingerprint density at radius 3 is 2.46 bits per heavy atom. The molecule has 28 heavy (non-hydrogen) atoms. The Kier molecular flexibility index (Phi) is 4.58. The van der Waals surface area contributed by atoms with Gasteiger partial charge in [0.05, 0.1) is 10.5 Å². The standard InChI is InChI=1S/C21H20N2O5/c24-20(14-9-15(21(25)26)11-16(10-14)23(27)28)22-12-18(13-5-2-1-3-6-13)17-7-4-8-19(17)22/h1-3,5-6,9-11,17-19H,4,7-8,12H2,(H,25,26). The first-order valence-electron chi connectivity index (χ1n) is 9.34. The molecule has 0 aromatic heterocycles. The summed E-state index contributed by atoms with van der Waals surface area (Å²) in [4.78, 5) is 36.9. The van der Waals surface area contributed by atoms with Crippen molar-refractivity contribution in [3.8, 4) is 0 Å². The lowest BCUT2D eigenvalue weighted by molar-refractivity contribution is -0.384. The maximum atomic E-state index is 13.2. The molecule has 2 aromatic carbocycles. The molecule has 144 valence electrons. The van der Waals surface area contributed by atoms with E-state index in [1.165, 1.54) is 17.7 Å². The van der Waals surface area contributed by atoms with Crippen molar-refractivity contribution in [3.05, 3.63) is 75.3 Å². The van der Waals surface area contributed by atoms with E-state index in [0.717, 1.165) is 25.3 Å². The van der Waals surface area contributed by atoms with Crippen molar-refractivity contribution in [1.29, 1.82) is 0 Å². The van der Waals surface area contributed by atoms with E-state index < -0.39 is 10.9 Å². The van der Waals surface area contributed by atoms with E-state index in [0.29, 0.717) is 12.5 Å². The van der Waals surface area contributed by atoms with Crippen LogP contribution in [0.5, 0.6) is 0 Å². The van der Waals surface area contributed by atoms with Gasteiger partial charge in [-0.1, -0.05) is 36.8 Å². The number of amides is 1. The minimum absolute atomic E-state index is 0.0611. The molecular formula is C21H20N2O5. The van der Waals surface area contributed by atoms with Crippen LogP contribution in [0.2, 0.25) is 0 Å². The lowest BCUT2D eigenvalue weighted by Gasteiger charge is -2.24. The van der Waals surface area contributed by atoms with Crippen molar-refractivity contribution >= 4 is 17.6 Å². The van der Waals surface area contributed by atoms with E-state index in [1.54, 1.807) is 4.90 Å². The van der Waals surface area contributed by atoms with Gasteiger partial charge in [0, 0.05) is 36.2 Å². The molecule has 2 aromatic rings. The maximum Gasteiger partial charge on any atom is 0.335 e. The van der Waals surface area contributed by atoms with Crippen LogP contribution in [-0.4, -0.2) is 39.4 Å². The molecule has 7 heteroatoms. The summed E-state index contributed by atoms with van der Waals surface area (Å²) in [6, 6.07) is 13.6. The molecule has 7 nitrogen and oxygen atoms in total. The van der Waals surface area contributed by atoms with E-state index in [9.17, 15) is 24.8 Å².